The van der Waals surface area contributed by atoms with Gasteiger partial charge >= 0.3 is 0 Å². The molecule has 1 unspecified atom stereocenters. The van der Waals surface area contributed by atoms with Crippen LogP contribution in [0.4, 0.5) is 0 Å². The van der Waals surface area contributed by atoms with Gasteiger partial charge in [0.05, 0.1) is 0 Å². The van der Waals surface area contributed by atoms with Gasteiger partial charge < -0.3 is 0 Å². The second kappa shape index (κ2) is 6.64. The van der Waals surface area contributed by atoms with E-state index in [0.717, 1.165) is 5.92 Å². The first kappa shape index (κ1) is 11.3. The van der Waals surface area contributed by atoms with Crippen LogP contribution >= 0.6 is 0 Å². The van der Waals surface area contributed by atoms with Crippen LogP contribution in [0.5, 0.6) is 0 Å². The molecule has 0 aliphatic rings. The zero-order chi connectivity index (χ0) is 10.2. The molecule has 1 aromatic rings. The molecular formula is C14H21. The highest BCUT2D eigenvalue weighted by molar-refractivity contribution is 5.17. The zero-order valence-corrected chi connectivity index (χ0v) is 9.42. The Hall–Kier alpha value is -0.780. The Morgan fingerprint density at radius 2 is 2.00 bits per heavy atom. The fourth-order valence-electron chi connectivity index (χ4n) is 1.92. The van der Waals surface area contributed by atoms with Crippen molar-refractivity contribution >= 4 is 0 Å². The van der Waals surface area contributed by atoms with Crippen molar-refractivity contribution < 1.29 is 0 Å². The summed E-state index contributed by atoms with van der Waals surface area (Å²) >= 11 is 0. The van der Waals surface area contributed by atoms with Gasteiger partial charge in [-0.2, -0.15) is 0 Å². The van der Waals surface area contributed by atoms with E-state index in [1.807, 2.05) is 12.1 Å². The maximum atomic E-state index is 3.36. The predicted octanol–water partition coefficient (Wildman–Crippen LogP) is 4.56. The Labute approximate surface area is 88.4 Å². The number of hydrogen-bond acceptors (Lipinski definition) is 0. The third kappa shape index (κ3) is 3.53. The van der Waals surface area contributed by atoms with Crippen LogP contribution < -0.4 is 0 Å². The van der Waals surface area contributed by atoms with Crippen molar-refractivity contribution in [3.05, 3.63) is 35.9 Å². The second-order valence-corrected chi connectivity index (χ2v) is 3.95. The molecule has 1 radical (unpaired) electrons. The molecule has 0 aliphatic heterocycles. The van der Waals surface area contributed by atoms with Gasteiger partial charge in [-0.15, -0.1) is 0 Å². The van der Waals surface area contributed by atoms with Gasteiger partial charge in [-0.05, 0) is 30.4 Å². The smallest absolute Gasteiger partial charge is 0.0146 e. The summed E-state index contributed by atoms with van der Waals surface area (Å²) in [4.78, 5) is 0. The summed E-state index contributed by atoms with van der Waals surface area (Å²) in [5, 5.41) is 0. The lowest BCUT2D eigenvalue weighted by atomic mass is 9.90. The van der Waals surface area contributed by atoms with E-state index in [2.05, 4.69) is 32.0 Å². The van der Waals surface area contributed by atoms with Gasteiger partial charge in [0.25, 0.3) is 0 Å². The Morgan fingerprint density at radius 3 is 2.57 bits per heavy atom. The molecule has 0 amide bonds. The van der Waals surface area contributed by atoms with Crippen LogP contribution in [-0.4, -0.2) is 0 Å². The summed E-state index contributed by atoms with van der Waals surface area (Å²) in [5.41, 5.74) is 1.41. The van der Waals surface area contributed by atoms with Crippen LogP contribution in [0.3, 0.4) is 0 Å². The summed E-state index contributed by atoms with van der Waals surface area (Å²) in [6.45, 7) is 4.53. The standard InChI is InChI=1S/C14H21/c1-3-5-10-13(9-4-2)14-11-7-6-8-12-14/h6-8,11,13H,3-5,9-10H2,1-2H3. The number of hydrogen-bond donors (Lipinski definition) is 0. The molecule has 1 aromatic carbocycles. The highest BCUT2D eigenvalue weighted by Gasteiger charge is 2.09. The highest BCUT2D eigenvalue weighted by atomic mass is 14.1. The van der Waals surface area contributed by atoms with Gasteiger partial charge in [0.15, 0.2) is 0 Å². The lowest BCUT2D eigenvalue weighted by Crippen LogP contribution is -1.98. The Morgan fingerprint density at radius 1 is 1.14 bits per heavy atom. The molecule has 14 heavy (non-hydrogen) atoms. The molecule has 0 N–H and O–H groups in total. The van der Waals surface area contributed by atoms with Crippen LogP contribution in [0.25, 0.3) is 0 Å². The molecule has 0 bridgehead atoms. The lowest BCUT2D eigenvalue weighted by molar-refractivity contribution is 0.540. The quantitative estimate of drug-likeness (QED) is 0.615. The predicted molar refractivity (Wildman–Crippen MR) is 62.5 cm³/mol. The van der Waals surface area contributed by atoms with Gasteiger partial charge in [-0.25, -0.2) is 0 Å². The Bertz CT molecular complexity index is 225. The molecular weight excluding hydrogens is 168 g/mol. The van der Waals surface area contributed by atoms with Gasteiger partial charge in [-0.1, -0.05) is 57.4 Å². The SMILES string of the molecule is CCCCC(CCC)c1[c]cccc1. The van der Waals surface area contributed by atoms with Gasteiger partial charge in [0.2, 0.25) is 0 Å². The minimum Gasteiger partial charge on any atom is -0.0654 e. The molecule has 0 nitrogen and oxygen atoms in total. The van der Waals surface area contributed by atoms with Crippen molar-refractivity contribution in [3.63, 3.8) is 0 Å². The average Bonchev–Trinajstić information content (AvgIpc) is 2.25. The molecule has 0 spiro atoms. The van der Waals surface area contributed by atoms with E-state index in [1.54, 1.807) is 0 Å². The van der Waals surface area contributed by atoms with Gasteiger partial charge in [0.1, 0.15) is 0 Å². The molecule has 0 heteroatoms. The Balaban J connectivity index is 2.58. The first-order valence-electron chi connectivity index (χ1n) is 5.85. The van der Waals surface area contributed by atoms with Crippen LogP contribution in [0.2, 0.25) is 0 Å². The van der Waals surface area contributed by atoms with Gasteiger partial charge in [-0.3, -0.25) is 0 Å². The summed E-state index contributed by atoms with van der Waals surface area (Å²) in [5.74, 6) is 0.737. The first-order valence-corrected chi connectivity index (χ1v) is 5.85. The van der Waals surface area contributed by atoms with Crippen molar-refractivity contribution in [2.24, 2.45) is 0 Å². The summed E-state index contributed by atoms with van der Waals surface area (Å²) in [6, 6.07) is 11.8. The van der Waals surface area contributed by atoms with Crippen molar-refractivity contribution in [2.75, 3.05) is 0 Å². The van der Waals surface area contributed by atoms with Crippen molar-refractivity contribution in [1.82, 2.24) is 0 Å². The number of rotatable bonds is 6. The molecule has 1 atom stereocenters. The van der Waals surface area contributed by atoms with Crippen molar-refractivity contribution in [3.8, 4) is 0 Å². The molecule has 0 aliphatic carbocycles. The largest absolute Gasteiger partial charge is 0.0654 e. The maximum Gasteiger partial charge on any atom is -0.0146 e. The van der Waals surface area contributed by atoms with Crippen molar-refractivity contribution in [2.45, 2.75) is 51.9 Å². The summed E-state index contributed by atoms with van der Waals surface area (Å²) in [6.07, 6.45) is 6.54. The van der Waals surface area contributed by atoms with E-state index >= 15 is 0 Å². The monoisotopic (exact) mass is 189 g/mol. The van der Waals surface area contributed by atoms with E-state index in [4.69, 9.17) is 0 Å². The molecule has 77 valence electrons. The highest BCUT2D eigenvalue weighted by Crippen LogP contribution is 2.26. The summed E-state index contributed by atoms with van der Waals surface area (Å²) < 4.78 is 0. The topological polar surface area (TPSA) is 0 Å². The summed E-state index contributed by atoms with van der Waals surface area (Å²) in [7, 11) is 0. The van der Waals surface area contributed by atoms with E-state index in [-0.39, 0.29) is 0 Å². The maximum absolute atomic E-state index is 3.36. The minimum absolute atomic E-state index is 0.737. The third-order valence-electron chi connectivity index (χ3n) is 2.72. The zero-order valence-electron chi connectivity index (χ0n) is 9.42. The Kier molecular flexibility index (Phi) is 5.36. The molecule has 0 aromatic heterocycles. The normalized spacial score (nSPS) is 12.7. The second-order valence-electron chi connectivity index (χ2n) is 3.95. The molecule has 0 heterocycles. The van der Waals surface area contributed by atoms with Crippen molar-refractivity contribution in [1.29, 1.82) is 0 Å². The van der Waals surface area contributed by atoms with Crippen LogP contribution in [0, 0.1) is 6.07 Å². The minimum atomic E-state index is 0.737. The fourth-order valence-corrected chi connectivity index (χ4v) is 1.92. The average molecular weight is 189 g/mol. The van der Waals surface area contributed by atoms with Crippen LogP contribution in [0.15, 0.2) is 24.3 Å². The molecule has 0 saturated carbocycles. The van der Waals surface area contributed by atoms with E-state index in [0.29, 0.717) is 0 Å². The van der Waals surface area contributed by atoms with Crippen LogP contribution in [0.1, 0.15) is 57.4 Å². The fraction of sp³-hybridized carbons (Fsp3) is 0.571. The molecule has 0 saturated heterocycles. The lowest BCUT2D eigenvalue weighted by Gasteiger charge is -2.15. The third-order valence-corrected chi connectivity index (χ3v) is 2.72. The van der Waals surface area contributed by atoms with Crippen LogP contribution in [-0.2, 0) is 0 Å². The van der Waals surface area contributed by atoms with E-state index in [1.165, 1.54) is 37.7 Å². The van der Waals surface area contributed by atoms with E-state index in [9.17, 15) is 0 Å². The number of benzene rings is 1. The number of unbranched alkanes of at least 4 members (excludes halogenated alkanes) is 1. The van der Waals surface area contributed by atoms with E-state index < -0.39 is 0 Å². The molecule has 1 rings (SSSR count). The molecule has 0 fully saturated rings. The van der Waals surface area contributed by atoms with Gasteiger partial charge in [0, 0.05) is 0 Å². The first-order chi connectivity index (χ1) is 6.88.